The Labute approximate surface area is 104 Å². The predicted molar refractivity (Wildman–Crippen MR) is 68.1 cm³/mol. The number of hydrogen-bond acceptors (Lipinski definition) is 4. The van der Waals surface area contributed by atoms with Gasteiger partial charge < -0.3 is 21.1 Å². The van der Waals surface area contributed by atoms with Crippen LogP contribution >= 0.6 is 0 Å². The molecule has 0 saturated carbocycles. The summed E-state index contributed by atoms with van der Waals surface area (Å²) in [7, 11) is 0. The van der Waals surface area contributed by atoms with E-state index in [0.29, 0.717) is 5.56 Å². The third-order valence-corrected chi connectivity index (χ3v) is 2.80. The van der Waals surface area contributed by atoms with Crippen LogP contribution in [-0.4, -0.2) is 39.7 Å². The van der Waals surface area contributed by atoms with Crippen molar-refractivity contribution in [2.24, 2.45) is 5.73 Å². The molecule has 2 rings (SSSR count). The van der Waals surface area contributed by atoms with Crippen LogP contribution in [-0.2, 0) is 0 Å². The Hall–Kier alpha value is -1.92. The molecule has 1 heterocycles. The van der Waals surface area contributed by atoms with Crippen LogP contribution in [0.1, 0.15) is 17.3 Å². The third kappa shape index (κ3) is 2.66. The number of aromatic nitrogens is 2. The average Bonchev–Trinajstić information content (AvgIpc) is 2.82. The number of hydrogen-bond donors (Lipinski definition) is 4. The van der Waals surface area contributed by atoms with Crippen LogP contribution < -0.4 is 11.1 Å². The summed E-state index contributed by atoms with van der Waals surface area (Å²) in [6.07, 6.45) is 0.927. The van der Waals surface area contributed by atoms with Crippen molar-refractivity contribution in [3.63, 3.8) is 0 Å². The summed E-state index contributed by atoms with van der Waals surface area (Å²) in [4.78, 5) is 18.9. The van der Waals surface area contributed by atoms with Crippen LogP contribution in [0.4, 0.5) is 0 Å². The molecule has 96 valence electrons. The van der Waals surface area contributed by atoms with Gasteiger partial charge in [-0.2, -0.15) is 0 Å². The van der Waals surface area contributed by atoms with E-state index >= 15 is 0 Å². The molecule has 0 aliphatic rings. The fourth-order valence-electron chi connectivity index (χ4n) is 1.56. The Morgan fingerprint density at radius 3 is 3.11 bits per heavy atom. The number of rotatable bonds is 4. The van der Waals surface area contributed by atoms with Gasteiger partial charge in [0.15, 0.2) is 0 Å². The van der Waals surface area contributed by atoms with Gasteiger partial charge >= 0.3 is 0 Å². The Balaban J connectivity index is 2.04. The van der Waals surface area contributed by atoms with Gasteiger partial charge in [0.25, 0.3) is 5.91 Å². The van der Waals surface area contributed by atoms with E-state index in [1.165, 1.54) is 0 Å². The summed E-state index contributed by atoms with van der Waals surface area (Å²) < 4.78 is 0. The van der Waals surface area contributed by atoms with Gasteiger partial charge in [-0.3, -0.25) is 4.79 Å². The summed E-state index contributed by atoms with van der Waals surface area (Å²) in [5.74, 6) is -0.220. The van der Waals surface area contributed by atoms with Crippen LogP contribution in [0.25, 0.3) is 11.0 Å². The van der Waals surface area contributed by atoms with E-state index in [1.807, 2.05) is 0 Å². The lowest BCUT2D eigenvalue weighted by molar-refractivity contribution is 0.0937. The summed E-state index contributed by atoms with van der Waals surface area (Å²) in [6.45, 7) is 1.82. The number of nitrogens with one attached hydrogen (secondary N) is 2. The van der Waals surface area contributed by atoms with Crippen molar-refractivity contribution in [3.8, 4) is 0 Å². The molecule has 0 aliphatic carbocycles. The van der Waals surface area contributed by atoms with Crippen molar-refractivity contribution < 1.29 is 9.90 Å². The second kappa shape index (κ2) is 5.16. The molecule has 5 N–H and O–H groups in total. The number of benzene rings is 1. The highest BCUT2D eigenvalue weighted by Crippen LogP contribution is 2.11. The van der Waals surface area contributed by atoms with Crippen molar-refractivity contribution in [2.75, 3.05) is 6.54 Å². The highest BCUT2D eigenvalue weighted by atomic mass is 16.3. The molecule has 0 fully saturated rings. The second-order valence-corrected chi connectivity index (χ2v) is 4.25. The molecular formula is C12H16N4O2. The summed E-state index contributed by atoms with van der Waals surface area (Å²) in [6, 6.07) is 4.73. The Morgan fingerprint density at radius 1 is 1.61 bits per heavy atom. The van der Waals surface area contributed by atoms with Crippen LogP contribution in [0.3, 0.4) is 0 Å². The van der Waals surface area contributed by atoms with Gasteiger partial charge in [-0.25, -0.2) is 4.98 Å². The highest BCUT2D eigenvalue weighted by molar-refractivity contribution is 5.97. The molecule has 1 aromatic carbocycles. The molecule has 2 aromatic rings. The van der Waals surface area contributed by atoms with E-state index in [-0.39, 0.29) is 12.5 Å². The van der Waals surface area contributed by atoms with Gasteiger partial charge in [0, 0.05) is 18.2 Å². The zero-order valence-electron chi connectivity index (χ0n) is 10.1. The number of carbonyl (C=O) groups is 1. The molecule has 2 atom stereocenters. The standard InChI is InChI=1S/C12H16N4O2/c1-7(17)9(13)5-14-12(18)8-2-3-10-11(4-8)16-6-15-10/h2-4,6-7,9,17H,5,13H2,1H3,(H,14,18)(H,15,16). The minimum atomic E-state index is -0.652. The molecule has 0 bridgehead atoms. The average molecular weight is 248 g/mol. The number of nitrogens with two attached hydrogens (primary N) is 1. The minimum Gasteiger partial charge on any atom is -0.392 e. The van der Waals surface area contributed by atoms with Crippen molar-refractivity contribution in [3.05, 3.63) is 30.1 Å². The fourth-order valence-corrected chi connectivity index (χ4v) is 1.56. The SMILES string of the molecule is CC(O)C(N)CNC(=O)c1ccc2nc[nH]c2c1. The molecule has 2 unspecified atom stereocenters. The maximum atomic E-state index is 11.9. The van der Waals surface area contributed by atoms with Crippen molar-refractivity contribution in [1.82, 2.24) is 15.3 Å². The maximum Gasteiger partial charge on any atom is 0.251 e. The largest absolute Gasteiger partial charge is 0.392 e. The second-order valence-electron chi connectivity index (χ2n) is 4.25. The molecule has 6 nitrogen and oxygen atoms in total. The van der Waals surface area contributed by atoms with Crippen LogP contribution in [0.5, 0.6) is 0 Å². The molecular weight excluding hydrogens is 232 g/mol. The van der Waals surface area contributed by atoms with Crippen LogP contribution in [0.15, 0.2) is 24.5 Å². The van der Waals surface area contributed by atoms with E-state index in [9.17, 15) is 9.90 Å². The van der Waals surface area contributed by atoms with E-state index in [4.69, 9.17) is 5.73 Å². The molecule has 1 amide bonds. The lowest BCUT2D eigenvalue weighted by atomic mass is 10.1. The van der Waals surface area contributed by atoms with Gasteiger partial charge in [0.1, 0.15) is 0 Å². The van der Waals surface area contributed by atoms with Gasteiger partial charge in [0.05, 0.1) is 23.5 Å². The fraction of sp³-hybridized carbons (Fsp3) is 0.333. The molecule has 18 heavy (non-hydrogen) atoms. The molecule has 0 saturated heterocycles. The Kier molecular flexibility index (Phi) is 3.59. The molecule has 0 radical (unpaired) electrons. The van der Waals surface area contributed by atoms with Crippen molar-refractivity contribution >= 4 is 16.9 Å². The normalized spacial score (nSPS) is 14.4. The molecule has 6 heteroatoms. The van der Waals surface area contributed by atoms with E-state index in [0.717, 1.165) is 11.0 Å². The van der Waals surface area contributed by atoms with Gasteiger partial charge in [-0.15, -0.1) is 0 Å². The van der Waals surface area contributed by atoms with Gasteiger partial charge in [-0.1, -0.05) is 0 Å². The Bertz CT molecular complexity index is 550. The number of aliphatic hydroxyl groups excluding tert-OH is 1. The van der Waals surface area contributed by atoms with E-state index in [1.54, 1.807) is 31.5 Å². The third-order valence-electron chi connectivity index (χ3n) is 2.80. The predicted octanol–water partition coefficient (Wildman–Crippen LogP) is 0.000800. The summed E-state index contributed by atoms with van der Waals surface area (Å²) in [5.41, 5.74) is 7.79. The molecule has 0 spiro atoms. The zero-order valence-corrected chi connectivity index (χ0v) is 10.1. The summed E-state index contributed by atoms with van der Waals surface area (Å²) >= 11 is 0. The van der Waals surface area contributed by atoms with E-state index in [2.05, 4.69) is 15.3 Å². The lowest BCUT2D eigenvalue weighted by Crippen LogP contribution is -2.43. The minimum absolute atomic E-state index is 0.220. The van der Waals surface area contributed by atoms with Crippen molar-refractivity contribution in [2.45, 2.75) is 19.1 Å². The number of aromatic amines is 1. The zero-order chi connectivity index (χ0) is 13.1. The highest BCUT2D eigenvalue weighted by Gasteiger charge is 2.12. The lowest BCUT2D eigenvalue weighted by Gasteiger charge is -2.15. The molecule has 0 aliphatic heterocycles. The number of carbonyl (C=O) groups excluding carboxylic acids is 1. The number of nitrogens with zero attached hydrogens (tertiary/aromatic N) is 1. The number of imidazole rings is 1. The first kappa shape index (κ1) is 12.5. The quantitative estimate of drug-likeness (QED) is 0.611. The van der Waals surface area contributed by atoms with Crippen molar-refractivity contribution in [1.29, 1.82) is 0 Å². The first-order valence-electron chi connectivity index (χ1n) is 5.73. The van der Waals surface area contributed by atoms with Gasteiger partial charge in [-0.05, 0) is 25.1 Å². The number of amides is 1. The van der Waals surface area contributed by atoms with Crippen LogP contribution in [0, 0.1) is 0 Å². The summed E-state index contributed by atoms with van der Waals surface area (Å²) in [5, 5.41) is 11.9. The number of fused-ring (bicyclic) bond motifs is 1. The van der Waals surface area contributed by atoms with Crippen LogP contribution in [0.2, 0.25) is 0 Å². The monoisotopic (exact) mass is 248 g/mol. The maximum absolute atomic E-state index is 11.9. The van der Waals surface area contributed by atoms with E-state index < -0.39 is 12.1 Å². The molecule has 1 aromatic heterocycles. The number of H-pyrrole nitrogens is 1. The Morgan fingerprint density at radius 2 is 2.39 bits per heavy atom. The smallest absolute Gasteiger partial charge is 0.251 e. The number of aliphatic hydroxyl groups is 1. The topological polar surface area (TPSA) is 104 Å². The first-order chi connectivity index (χ1) is 8.58. The van der Waals surface area contributed by atoms with Gasteiger partial charge in [0.2, 0.25) is 0 Å². The first-order valence-corrected chi connectivity index (χ1v) is 5.73.